The number of ketones is 1. The van der Waals surface area contributed by atoms with Gasteiger partial charge in [-0.05, 0) is 6.42 Å². The third-order valence-electron chi connectivity index (χ3n) is 2.50. The van der Waals surface area contributed by atoms with E-state index in [1.165, 1.54) is 12.0 Å². The second-order valence-corrected chi connectivity index (χ2v) is 3.20. The van der Waals surface area contributed by atoms with E-state index >= 15 is 0 Å². The van der Waals surface area contributed by atoms with E-state index in [1.54, 1.807) is 0 Å². The molecule has 2 heterocycles. The molecule has 2 saturated heterocycles. The molecule has 0 aromatic carbocycles. The molecule has 2 rings (SSSR count). The highest BCUT2D eigenvalue weighted by Crippen LogP contribution is 2.26. The van der Waals surface area contributed by atoms with E-state index in [9.17, 15) is 9.59 Å². The molecule has 5 nitrogen and oxygen atoms in total. The maximum absolute atomic E-state index is 11.4. The maximum Gasteiger partial charge on any atom is 0.412 e. The summed E-state index contributed by atoms with van der Waals surface area (Å²) in [6.45, 7) is 0.178. The summed E-state index contributed by atoms with van der Waals surface area (Å²) in [5.41, 5.74) is 0. The second kappa shape index (κ2) is 2.99. The Morgan fingerprint density at radius 2 is 2.31 bits per heavy atom. The summed E-state index contributed by atoms with van der Waals surface area (Å²) in [5.74, 6) is 0.0687. The van der Waals surface area contributed by atoms with E-state index < -0.39 is 12.1 Å². The van der Waals surface area contributed by atoms with Crippen LogP contribution < -0.4 is 0 Å². The maximum atomic E-state index is 11.4. The van der Waals surface area contributed by atoms with Crippen LogP contribution in [0.25, 0.3) is 0 Å². The number of hydrogen-bond donors (Lipinski definition) is 0. The van der Waals surface area contributed by atoms with Crippen LogP contribution in [-0.2, 0) is 14.3 Å². The lowest BCUT2D eigenvalue weighted by atomic mass is 10.0. The highest BCUT2D eigenvalue weighted by molar-refractivity contribution is 5.90. The highest BCUT2D eigenvalue weighted by Gasteiger charge is 2.45. The lowest BCUT2D eigenvalue weighted by Gasteiger charge is -2.32. The standard InChI is InChI=1S/C8H11NO4/c1-12-7-3-2-6(10)5-4-13-8(11)9(5)7/h5,7H,2-4H2,1H3. The van der Waals surface area contributed by atoms with Gasteiger partial charge in [0.05, 0.1) is 0 Å². The van der Waals surface area contributed by atoms with Crippen LogP contribution in [0.3, 0.4) is 0 Å². The molecule has 2 aliphatic heterocycles. The minimum Gasteiger partial charge on any atom is -0.447 e. The fraction of sp³-hybridized carbons (Fsp3) is 0.750. The van der Waals surface area contributed by atoms with Gasteiger partial charge in [0.2, 0.25) is 0 Å². The minimum atomic E-state index is -0.440. The summed E-state index contributed by atoms with van der Waals surface area (Å²) in [5, 5.41) is 0. The first-order chi connectivity index (χ1) is 6.24. The number of methoxy groups -OCH3 is 1. The van der Waals surface area contributed by atoms with Gasteiger partial charge in [-0.3, -0.25) is 9.69 Å². The molecule has 2 aliphatic rings. The molecule has 72 valence electrons. The molecule has 0 aromatic rings. The molecule has 5 heteroatoms. The quantitative estimate of drug-likeness (QED) is 0.583. The Morgan fingerprint density at radius 3 is 3.00 bits per heavy atom. The van der Waals surface area contributed by atoms with Crippen molar-refractivity contribution in [3.8, 4) is 0 Å². The Morgan fingerprint density at radius 1 is 1.54 bits per heavy atom. The van der Waals surface area contributed by atoms with Crippen LogP contribution >= 0.6 is 0 Å². The molecule has 0 radical (unpaired) electrons. The Hall–Kier alpha value is -1.10. The van der Waals surface area contributed by atoms with Crippen LogP contribution in [-0.4, -0.2) is 42.8 Å². The van der Waals surface area contributed by atoms with Crippen LogP contribution in [0.4, 0.5) is 4.79 Å². The summed E-state index contributed by atoms with van der Waals surface area (Å²) in [4.78, 5) is 23.9. The average molecular weight is 185 g/mol. The smallest absolute Gasteiger partial charge is 0.412 e. The molecule has 2 atom stereocenters. The predicted molar refractivity (Wildman–Crippen MR) is 42.0 cm³/mol. The van der Waals surface area contributed by atoms with Gasteiger partial charge in [0.25, 0.3) is 0 Å². The summed E-state index contributed by atoms with van der Waals surface area (Å²) in [7, 11) is 1.53. The van der Waals surface area contributed by atoms with E-state index in [0.717, 1.165) is 0 Å². The van der Waals surface area contributed by atoms with Gasteiger partial charge in [0.1, 0.15) is 18.9 Å². The van der Waals surface area contributed by atoms with Gasteiger partial charge < -0.3 is 9.47 Å². The SMILES string of the molecule is COC1CCC(=O)C2COC(=O)N12. The Kier molecular flexibility index (Phi) is 1.95. The van der Waals surface area contributed by atoms with Gasteiger partial charge in [-0.25, -0.2) is 4.79 Å². The average Bonchev–Trinajstić information content (AvgIpc) is 2.51. The first-order valence-electron chi connectivity index (χ1n) is 4.24. The normalized spacial score (nSPS) is 33.2. The Labute approximate surface area is 75.6 Å². The predicted octanol–water partition coefficient (Wildman–Crippen LogP) is 0.143. The molecule has 1 amide bonds. The van der Waals surface area contributed by atoms with E-state index in [2.05, 4.69) is 0 Å². The number of carbonyl (C=O) groups excluding carboxylic acids is 2. The van der Waals surface area contributed by atoms with Gasteiger partial charge in [-0.1, -0.05) is 0 Å². The van der Waals surface area contributed by atoms with Crippen LogP contribution in [0.5, 0.6) is 0 Å². The zero-order valence-corrected chi connectivity index (χ0v) is 7.36. The lowest BCUT2D eigenvalue weighted by Crippen LogP contribution is -2.50. The number of cyclic esters (lactones) is 1. The topological polar surface area (TPSA) is 55.8 Å². The van der Waals surface area contributed by atoms with Crippen molar-refractivity contribution in [3.05, 3.63) is 0 Å². The number of piperidine rings is 1. The van der Waals surface area contributed by atoms with Gasteiger partial charge in [0.15, 0.2) is 5.78 Å². The number of Topliss-reactive ketones (excluding diaryl/α,β-unsaturated/α-hetero) is 1. The number of nitrogens with zero attached hydrogens (tertiary/aromatic N) is 1. The van der Waals surface area contributed by atoms with Crippen molar-refractivity contribution in [1.29, 1.82) is 0 Å². The zero-order valence-electron chi connectivity index (χ0n) is 7.36. The first kappa shape index (κ1) is 8.50. The summed E-state index contributed by atoms with van der Waals surface area (Å²) in [6, 6.07) is -0.411. The molecule has 0 bridgehead atoms. The van der Waals surface area contributed by atoms with Crippen molar-refractivity contribution in [2.24, 2.45) is 0 Å². The molecule has 0 spiro atoms. The number of hydrogen-bond acceptors (Lipinski definition) is 4. The number of ether oxygens (including phenoxy) is 2. The monoisotopic (exact) mass is 185 g/mol. The van der Waals surface area contributed by atoms with Crippen molar-refractivity contribution in [2.75, 3.05) is 13.7 Å². The Balaban J connectivity index is 2.21. The summed E-state index contributed by atoms with van der Waals surface area (Å²) in [6.07, 6.45) is 0.305. The van der Waals surface area contributed by atoms with E-state index in [0.29, 0.717) is 12.8 Å². The first-order valence-corrected chi connectivity index (χ1v) is 4.24. The Bertz CT molecular complexity index is 253. The number of amides is 1. The lowest BCUT2D eigenvalue weighted by molar-refractivity contribution is -0.133. The van der Waals surface area contributed by atoms with E-state index in [4.69, 9.17) is 9.47 Å². The molecule has 0 aromatic heterocycles. The van der Waals surface area contributed by atoms with Crippen LogP contribution in [0.2, 0.25) is 0 Å². The number of fused-ring (bicyclic) bond motifs is 1. The van der Waals surface area contributed by atoms with Gasteiger partial charge >= 0.3 is 6.09 Å². The van der Waals surface area contributed by atoms with Crippen LogP contribution in [0, 0.1) is 0 Å². The van der Waals surface area contributed by atoms with Crippen molar-refractivity contribution >= 4 is 11.9 Å². The molecule has 2 fully saturated rings. The second-order valence-electron chi connectivity index (χ2n) is 3.20. The number of carbonyl (C=O) groups is 2. The fourth-order valence-electron chi connectivity index (χ4n) is 1.80. The van der Waals surface area contributed by atoms with Gasteiger partial charge in [-0.15, -0.1) is 0 Å². The molecule has 0 saturated carbocycles. The van der Waals surface area contributed by atoms with Crippen molar-refractivity contribution in [1.82, 2.24) is 4.90 Å². The minimum absolute atomic E-state index is 0.0687. The third kappa shape index (κ3) is 1.19. The largest absolute Gasteiger partial charge is 0.447 e. The molecule has 0 aliphatic carbocycles. The van der Waals surface area contributed by atoms with E-state index in [-0.39, 0.29) is 18.6 Å². The number of rotatable bonds is 1. The van der Waals surface area contributed by atoms with E-state index in [1.807, 2.05) is 0 Å². The molecule has 13 heavy (non-hydrogen) atoms. The van der Waals surface area contributed by atoms with Gasteiger partial charge in [-0.2, -0.15) is 0 Å². The molecular formula is C8H11NO4. The molecule has 2 unspecified atom stereocenters. The zero-order chi connectivity index (χ0) is 9.42. The fourth-order valence-corrected chi connectivity index (χ4v) is 1.80. The van der Waals surface area contributed by atoms with Crippen molar-refractivity contribution in [3.63, 3.8) is 0 Å². The summed E-state index contributed by atoms with van der Waals surface area (Å²) < 4.78 is 9.89. The summed E-state index contributed by atoms with van der Waals surface area (Å²) >= 11 is 0. The van der Waals surface area contributed by atoms with Crippen LogP contribution in [0.15, 0.2) is 0 Å². The highest BCUT2D eigenvalue weighted by atomic mass is 16.6. The third-order valence-corrected chi connectivity index (χ3v) is 2.50. The van der Waals surface area contributed by atoms with Crippen molar-refractivity contribution < 1.29 is 19.1 Å². The molecule has 0 N–H and O–H groups in total. The van der Waals surface area contributed by atoms with Crippen molar-refractivity contribution in [2.45, 2.75) is 25.1 Å². The van der Waals surface area contributed by atoms with Crippen LogP contribution in [0.1, 0.15) is 12.8 Å². The molecular weight excluding hydrogens is 174 g/mol. The van der Waals surface area contributed by atoms with Gasteiger partial charge in [0, 0.05) is 13.5 Å².